The van der Waals surface area contributed by atoms with Gasteiger partial charge in [0.2, 0.25) is 0 Å². The molecule has 3 N–H and O–H groups in total. The number of alkyl halides is 2. The average Bonchev–Trinajstić information content (AvgIpc) is 2.52. The van der Waals surface area contributed by atoms with E-state index in [1.165, 1.54) is 0 Å². The summed E-state index contributed by atoms with van der Waals surface area (Å²) in [4.78, 5) is 32.0. The molecule has 26 heavy (non-hydrogen) atoms. The molecule has 2 atom stereocenters. The second-order valence-electron chi connectivity index (χ2n) is 5.78. The van der Waals surface area contributed by atoms with Crippen molar-refractivity contribution in [2.45, 2.75) is 51.6 Å². The van der Waals surface area contributed by atoms with Crippen LogP contribution in [0.15, 0.2) is 0 Å². The fraction of sp³-hybridized carbons (Fsp3) is 0.800. The minimum atomic E-state index is -1.72. The number of carbonyl (C=O) groups excluding carboxylic acids is 3. The van der Waals surface area contributed by atoms with Crippen LogP contribution in [0.2, 0.25) is 0 Å². The van der Waals surface area contributed by atoms with Crippen molar-refractivity contribution < 1.29 is 37.4 Å². The first-order valence-electron chi connectivity index (χ1n) is 7.59. The SMILES string of the molecule is COC(=O)C(F)CCN.COC(=O)C(F)CCNC(=O)OC(C)(C)C.Cl. The van der Waals surface area contributed by atoms with Gasteiger partial charge in [0.05, 0.1) is 14.2 Å². The Bertz CT molecular complexity index is 421. The summed E-state index contributed by atoms with van der Waals surface area (Å²) in [6.45, 7) is 5.35. The Hall–Kier alpha value is -1.68. The predicted molar refractivity (Wildman–Crippen MR) is 93.6 cm³/mol. The average molecular weight is 407 g/mol. The second-order valence-corrected chi connectivity index (χ2v) is 5.78. The second kappa shape index (κ2) is 15.6. The highest BCUT2D eigenvalue weighted by Crippen LogP contribution is 2.06. The van der Waals surface area contributed by atoms with Gasteiger partial charge in [0.15, 0.2) is 12.3 Å². The van der Waals surface area contributed by atoms with Gasteiger partial charge in [-0.25, -0.2) is 23.2 Å². The molecule has 0 aromatic rings. The third kappa shape index (κ3) is 17.2. The van der Waals surface area contributed by atoms with E-state index in [9.17, 15) is 23.2 Å². The van der Waals surface area contributed by atoms with E-state index in [-0.39, 0.29) is 38.3 Å². The fourth-order valence-electron chi connectivity index (χ4n) is 1.25. The number of amides is 1. The van der Waals surface area contributed by atoms with Crippen molar-refractivity contribution in [3.8, 4) is 0 Å². The number of nitrogens with one attached hydrogen (secondary N) is 1. The van der Waals surface area contributed by atoms with Crippen molar-refractivity contribution >= 4 is 30.4 Å². The lowest BCUT2D eigenvalue weighted by Crippen LogP contribution is -2.34. The molecule has 0 aliphatic rings. The standard InChI is InChI=1S/C10H18FNO4.C5H10FNO2.ClH/c1-10(2,3)16-9(14)12-6-5-7(11)8(13)15-4;1-9-5(8)4(6)2-3-7;/h7H,5-6H2,1-4H3,(H,12,14);4H,2-3,7H2,1H3;1H. The smallest absolute Gasteiger partial charge is 0.407 e. The first-order valence-corrected chi connectivity index (χ1v) is 7.59. The third-order valence-corrected chi connectivity index (χ3v) is 2.40. The number of methoxy groups -OCH3 is 2. The number of carbonyl (C=O) groups is 3. The molecule has 2 unspecified atom stereocenters. The number of esters is 2. The number of hydrogen-bond acceptors (Lipinski definition) is 7. The topological polar surface area (TPSA) is 117 Å². The Kier molecular flexibility index (Phi) is 17.4. The number of rotatable bonds is 7. The van der Waals surface area contributed by atoms with Crippen molar-refractivity contribution in [3.05, 3.63) is 0 Å². The van der Waals surface area contributed by atoms with Gasteiger partial charge in [0, 0.05) is 19.4 Å². The molecule has 0 spiro atoms. The zero-order valence-corrected chi connectivity index (χ0v) is 16.5. The number of ether oxygens (including phenoxy) is 3. The molecule has 0 heterocycles. The number of halogens is 3. The lowest BCUT2D eigenvalue weighted by Gasteiger charge is -2.19. The molecule has 0 aliphatic heterocycles. The van der Waals surface area contributed by atoms with Crippen LogP contribution in [0, 0.1) is 0 Å². The molecule has 1 amide bonds. The molecule has 0 radical (unpaired) electrons. The minimum Gasteiger partial charge on any atom is -0.467 e. The van der Waals surface area contributed by atoms with Crippen LogP contribution in [-0.4, -0.2) is 63.3 Å². The van der Waals surface area contributed by atoms with Crippen molar-refractivity contribution in [1.82, 2.24) is 5.32 Å². The van der Waals surface area contributed by atoms with Gasteiger partial charge < -0.3 is 25.3 Å². The molecule has 0 rings (SSSR count). The van der Waals surface area contributed by atoms with E-state index in [2.05, 4.69) is 14.8 Å². The Morgan fingerprint density at radius 3 is 1.77 bits per heavy atom. The quantitative estimate of drug-likeness (QED) is 0.488. The molecule has 0 aromatic heterocycles. The van der Waals surface area contributed by atoms with Gasteiger partial charge in [0.25, 0.3) is 0 Å². The Morgan fingerprint density at radius 1 is 1.00 bits per heavy atom. The summed E-state index contributed by atoms with van der Waals surface area (Å²) in [5, 5.41) is 2.34. The summed E-state index contributed by atoms with van der Waals surface area (Å²) in [7, 11) is 2.25. The van der Waals surface area contributed by atoms with Crippen LogP contribution in [0.5, 0.6) is 0 Å². The highest BCUT2D eigenvalue weighted by molar-refractivity contribution is 5.85. The Labute approximate surface area is 158 Å². The van der Waals surface area contributed by atoms with Crippen LogP contribution < -0.4 is 11.1 Å². The van der Waals surface area contributed by atoms with E-state index in [0.29, 0.717) is 0 Å². The minimum absolute atomic E-state index is 0. The molecule has 156 valence electrons. The van der Waals surface area contributed by atoms with E-state index in [1.807, 2.05) is 0 Å². The predicted octanol–water partition coefficient (Wildman–Crippen LogP) is 1.68. The normalized spacial score (nSPS) is 12.3. The largest absolute Gasteiger partial charge is 0.467 e. The zero-order valence-electron chi connectivity index (χ0n) is 15.7. The van der Waals surface area contributed by atoms with Gasteiger partial charge in [-0.15, -0.1) is 12.4 Å². The van der Waals surface area contributed by atoms with Crippen LogP contribution in [0.25, 0.3) is 0 Å². The van der Waals surface area contributed by atoms with Crippen molar-refractivity contribution in [2.24, 2.45) is 5.73 Å². The van der Waals surface area contributed by atoms with Crippen LogP contribution >= 0.6 is 12.4 Å². The van der Waals surface area contributed by atoms with Crippen LogP contribution in [-0.2, 0) is 23.8 Å². The molecule has 0 aliphatic carbocycles. The summed E-state index contributed by atoms with van der Waals surface area (Å²) in [6, 6.07) is 0. The van der Waals surface area contributed by atoms with Gasteiger partial charge in [0.1, 0.15) is 5.60 Å². The monoisotopic (exact) mass is 406 g/mol. The molecular formula is C15H29ClF2N2O6. The number of hydrogen-bond donors (Lipinski definition) is 2. The maximum Gasteiger partial charge on any atom is 0.407 e. The number of alkyl carbamates (subject to hydrolysis) is 1. The molecule has 11 heteroatoms. The lowest BCUT2D eigenvalue weighted by atomic mass is 10.2. The Morgan fingerprint density at radius 2 is 1.42 bits per heavy atom. The van der Waals surface area contributed by atoms with Crippen molar-refractivity contribution in [2.75, 3.05) is 27.3 Å². The molecule has 0 fully saturated rings. The summed E-state index contributed by atoms with van der Waals surface area (Å²) in [6.07, 6.45) is -4.01. The molecule has 0 saturated carbocycles. The maximum atomic E-state index is 12.9. The molecular weight excluding hydrogens is 378 g/mol. The van der Waals surface area contributed by atoms with Crippen LogP contribution in [0.3, 0.4) is 0 Å². The van der Waals surface area contributed by atoms with Gasteiger partial charge in [-0.2, -0.15) is 0 Å². The van der Waals surface area contributed by atoms with E-state index >= 15 is 0 Å². The van der Waals surface area contributed by atoms with Crippen LogP contribution in [0.4, 0.5) is 13.6 Å². The molecule has 0 saturated heterocycles. The van der Waals surface area contributed by atoms with Crippen LogP contribution in [0.1, 0.15) is 33.6 Å². The summed E-state index contributed by atoms with van der Waals surface area (Å²) in [5.41, 5.74) is 4.38. The van der Waals surface area contributed by atoms with Gasteiger partial charge >= 0.3 is 18.0 Å². The van der Waals surface area contributed by atoms with Crippen molar-refractivity contribution in [3.63, 3.8) is 0 Å². The van der Waals surface area contributed by atoms with E-state index in [0.717, 1.165) is 14.2 Å². The van der Waals surface area contributed by atoms with Gasteiger partial charge in [-0.1, -0.05) is 0 Å². The van der Waals surface area contributed by atoms with Gasteiger partial charge in [-0.3, -0.25) is 0 Å². The first kappa shape index (κ1) is 29.1. The first-order chi connectivity index (χ1) is 11.5. The third-order valence-electron chi connectivity index (χ3n) is 2.40. The molecule has 8 nitrogen and oxygen atoms in total. The lowest BCUT2D eigenvalue weighted by molar-refractivity contribution is -0.147. The molecule has 0 aromatic carbocycles. The highest BCUT2D eigenvalue weighted by Gasteiger charge is 2.19. The zero-order chi connectivity index (χ0) is 20.0. The van der Waals surface area contributed by atoms with Crippen molar-refractivity contribution in [1.29, 1.82) is 0 Å². The Balaban J connectivity index is -0.000000453. The summed E-state index contributed by atoms with van der Waals surface area (Å²) < 4.78 is 38.4. The summed E-state index contributed by atoms with van der Waals surface area (Å²) in [5.74, 6) is -1.79. The van der Waals surface area contributed by atoms with E-state index < -0.39 is 36.0 Å². The van der Waals surface area contributed by atoms with E-state index in [1.54, 1.807) is 20.8 Å². The highest BCUT2D eigenvalue weighted by atomic mass is 35.5. The number of nitrogens with two attached hydrogens (primary N) is 1. The summed E-state index contributed by atoms with van der Waals surface area (Å²) >= 11 is 0. The maximum absolute atomic E-state index is 12.9. The fourth-order valence-corrected chi connectivity index (χ4v) is 1.25. The molecule has 0 bridgehead atoms. The van der Waals surface area contributed by atoms with Gasteiger partial charge in [-0.05, 0) is 27.3 Å². The van der Waals surface area contributed by atoms with E-state index in [4.69, 9.17) is 10.5 Å².